The maximum absolute atomic E-state index is 10.5. The molecule has 0 aromatic heterocycles. The zero-order valence-electron chi connectivity index (χ0n) is 15.1. The van der Waals surface area contributed by atoms with Gasteiger partial charge in [-0.2, -0.15) is 0 Å². The molecule has 0 heterocycles. The molecule has 0 bridgehead atoms. The predicted molar refractivity (Wildman–Crippen MR) is 96.0 cm³/mol. The van der Waals surface area contributed by atoms with Crippen LogP contribution >= 0.6 is 0 Å². The first-order valence-corrected chi connectivity index (χ1v) is 8.43. The quantitative estimate of drug-likeness (QED) is 0.681. The lowest BCUT2D eigenvalue weighted by atomic mass is 9.48. The number of phenols is 2. The van der Waals surface area contributed by atoms with Crippen LogP contribution in [0.15, 0.2) is 24.3 Å². The van der Waals surface area contributed by atoms with Crippen LogP contribution < -0.4 is 0 Å². The zero-order chi connectivity index (χ0) is 17.2. The molecule has 2 heteroatoms. The molecule has 1 aliphatic rings. The van der Waals surface area contributed by atoms with Crippen molar-refractivity contribution in [2.45, 2.75) is 54.4 Å². The molecule has 0 fully saturated rings. The highest BCUT2D eigenvalue weighted by atomic mass is 16.3. The fourth-order valence-electron chi connectivity index (χ4n) is 4.76. The second-order valence-electron chi connectivity index (χ2n) is 9.16. The minimum Gasteiger partial charge on any atom is -0.508 e. The van der Waals surface area contributed by atoms with E-state index in [2.05, 4.69) is 41.5 Å². The molecule has 0 unspecified atom stereocenters. The largest absolute Gasteiger partial charge is 0.508 e. The molecule has 0 radical (unpaired) electrons. The second-order valence-corrected chi connectivity index (χ2v) is 9.16. The first kappa shape index (κ1) is 16.2. The highest BCUT2D eigenvalue weighted by Crippen LogP contribution is 2.60. The summed E-state index contributed by atoms with van der Waals surface area (Å²) in [4.78, 5) is 0. The van der Waals surface area contributed by atoms with Gasteiger partial charge in [0.2, 0.25) is 0 Å². The van der Waals surface area contributed by atoms with E-state index >= 15 is 0 Å². The van der Waals surface area contributed by atoms with E-state index in [1.165, 1.54) is 0 Å². The maximum atomic E-state index is 10.5. The van der Waals surface area contributed by atoms with Crippen molar-refractivity contribution in [1.82, 2.24) is 0 Å². The molecule has 2 N–H and O–H groups in total. The fraction of sp³-hybridized carbons (Fsp3) is 0.524. The van der Waals surface area contributed by atoms with Gasteiger partial charge in [0.15, 0.2) is 0 Å². The van der Waals surface area contributed by atoms with Gasteiger partial charge in [0.25, 0.3) is 0 Å². The third-order valence-electron chi connectivity index (χ3n) is 6.18. The highest BCUT2D eigenvalue weighted by Gasteiger charge is 2.52. The monoisotopic (exact) mass is 312 g/mol. The van der Waals surface area contributed by atoms with E-state index in [0.29, 0.717) is 11.5 Å². The van der Waals surface area contributed by atoms with Crippen LogP contribution in [0.1, 0.15) is 52.7 Å². The first-order valence-electron chi connectivity index (χ1n) is 8.43. The number of hydrogen-bond donors (Lipinski definition) is 2. The van der Waals surface area contributed by atoms with Crippen molar-refractivity contribution in [1.29, 1.82) is 0 Å². The number of benzene rings is 2. The average molecular weight is 312 g/mol. The van der Waals surface area contributed by atoms with Crippen molar-refractivity contribution < 1.29 is 10.2 Å². The van der Waals surface area contributed by atoms with Crippen LogP contribution in [0.3, 0.4) is 0 Å². The summed E-state index contributed by atoms with van der Waals surface area (Å²) in [6, 6.07) is 7.47. The van der Waals surface area contributed by atoms with Crippen LogP contribution in [0.5, 0.6) is 11.5 Å². The topological polar surface area (TPSA) is 40.5 Å². The van der Waals surface area contributed by atoms with E-state index < -0.39 is 0 Å². The van der Waals surface area contributed by atoms with Gasteiger partial charge in [-0.25, -0.2) is 0 Å². The van der Waals surface area contributed by atoms with Gasteiger partial charge in [0.1, 0.15) is 11.5 Å². The number of hydrogen-bond acceptors (Lipinski definition) is 2. The molecule has 124 valence electrons. The van der Waals surface area contributed by atoms with Gasteiger partial charge in [-0.15, -0.1) is 0 Å². The van der Waals surface area contributed by atoms with E-state index in [1.54, 1.807) is 12.1 Å². The van der Waals surface area contributed by atoms with Crippen LogP contribution in [0.4, 0.5) is 0 Å². The van der Waals surface area contributed by atoms with E-state index in [4.69, 9.17) is 0 Å². The van der Waals surface area contributed by atoms with E-state index in [9.17, 15) is 10.2 Å². The number of phenolic OH excluding ortho intramolecular Hbond substituents is 2. The Bertz CT molecular complexity index is 710. The van der Waals surface area contributed by atoms with Gasteiger partial charge >= 0.3 is 0 Å². The molecular formula is C21H28O2. The molecule has 0 aliphatic heterocycles. The van der Waals surface area contributed by atoms with Crippen molar-refractivity contribution >= 4 is 10.8 Å². The van der Waals surface area contributed by atoms with E-state index in [1.807, 2.05) is 12.1 Å². The van der Waals surface area contributed by atoms with Gasteiger partial charge in [0.05, 0.1) is 0 Å². The van der Waals surface area contributed by atoms with E-state index in [0.717, 1.165) is 34.7 Å². The molecule has 0 saturated carbocycles. The summed E-state index contributed by atoms with van der Waals surface area (Å²) in [6.45, 7) is 13.7. The summed E-state index contributed by atoms with van der Waals surface area (Å²) in [6.07, 6.45) is 1.67. The third-order valence-corrected chi connectivity index (χ3v) is 6.18. The smallest absolute Gasteiger partial charge is 0.119 e. The van der Waals surface area contributed by atoms with Crippen molar-refractivity contribution in [3.05, 3.63) is 35.4 Å². The molecule has 0 spiro atoms. The van der Waals surface area contributed by atoms with Crippen LogP contribution in [0, 0.1) is 16.2 Å². The standard InChI is InChI=1S/C21H28O2/c1-19(2,3)21(20(4,5)6)11-14-16(22)9-7-13-8-10-17(23)15(12-21)18(13)14/h7-10,22-23H,11-12H2,1-6H3. The van der Waals surface area contributed by atoms with Gasteiger partial charge in [-0.05, 0) is 52.0 Å². The lowest BCUT2D eigenvalue weighted by molar-refractivity contribution is -0.0341. The van der Waals surface area contributed by atoms with Crippen molar-refractivity contribution in [3.63, 3.8) is 0 Å². The summed E-state index contributed by atoms with van der Waals surface area (Å²) < 4.78 is 0. The molecule has 0 saturated heterocycles. The Morgan fingerprint density at radius 2 is 1.13 bits per heavy atom. The van der Waals surface area contributed by atoms with Crippen LogP contribution in [0.2, 0.25) is 0 Å². The lowest BCUT2D eigenvalue weighted by Crippen LogP contribution is -2.50. The van der Waals surface area contributed by atoms with Crippen LogP contribution in [0.25, 0.3) is 10.8 Å². The minimum atomic E-state index is -0.0441. The fourth-order valence-corrected chi connectivity index (χ4v) is 4.76. The predicted octanol–water partition coefficient (Wildman–Crippen LogP) is 5.43. The van der Waals surface area contributed by atoms with Crippen LogP contribution in [-0.2, 0) is 12.8 Å². The molecule has 3 rings (SSSR count). The minimum absolute atomic E-state index is 0.0415. The molecule has 0 amide bonds. The normalized spacial score (nSPS) is 17.5. The molecule has 2 aromatic rings. The summed E-state index contributed by atoms with van der Waals surface area (Å²) in [5, 5.41) is 23.2. The molecule has 0 atom stereocenters. The van der Waals surface area contributed by atoms with E-state index in [-0.39, 0.29) is 16.2 Å². The van der Waals surface area contributed by atoms with Crippen molar-refractivity contribution in [3.8, 4) is 11.5 Å². The third kappa shape index (κ3) is 2.14. The lowest BCUT2D eigenvalue weighted by Gasteiger charge is -2.56. The molecule has 2 nitrogen and oxygen atoms in total. The summed E-state index contributed by atoms with van der Waals surface area (Å²) >= 11 is 0. The van der Waals surface area contributed by atoms with Crippen molar-refractivity contribution in [2.24, 2.45) is 16.2 Å². The first-order chi connectivity index (χ1) is 10.5. The summed E-state index contributed by atoms with van der Waals surface area (Å²) in [7, 11) is 0. The summed E-state index contributed by atoms with van der Waals surface area (Å²) in [5.41, 5.74) is 2.02. The number of rotatable bonds is 0. The van der Waals surface area contributed by atoms with Crippen LogP contribution in [-0.4, -0.2) is 10.2 Å². The number of aromatic hydroxyl groups is 2. The Hall–Kier alpha value is -1.70. The molecule has 1 aliphatic carbocycles. The molecular weight excluding hydrogens is 284 g/mol. The van der Waals surface area contributed by atoms with Gasteiger partial charge in [0, 0.05) is 11.1 Å². The Morgan fingerprint density at radius 3 is 1.48 bits per heavy atom. The second kappa shape index (κ2) is 4.66. The maximum Gasteiger partial charge on any atom is 0.119 e. The summed E-state index contributed by atoms with van der Waals surface area (Å²) in [5.74, 6) is 0.698. The van der Waals surface area contributed by atoms with Gasteiger partial charge < -0.3 is 10.2 Å². The van der Waals surface area contributed by atoms with Gasteiger partial charge in [-0.1, -0.05) is 53.7 Å². The SMILES string of the molecule is CC(C)(C)C1(C(C)(C)C)Cc2c(O)ccc3ccc(O)c(c23)C1. The zero-order valence-corrected chi connectivity index (χ0v) is 15.1. The van der Waals surface area contributed by atoms with Crippen molar-refractivity contribution in [2.75, 3.05) is 0 Å². The molecule has 2 aromatic carbocycles. The Kier molecular flexibility index (Phi) is 3.27. The Morgan fingerprint density at radius 1 is 0.739 bits per heavy atom. The Balaban J connectivity index is 2.38. The van der Waals surface area contributed by atoms with Gasteiger partial charge in [-0.3, -0.25) is 0 Å². The highest BCUT2D eigenvalue weighted by molar-refractivity contribution is 5.93. The average Bonchev–Trinajstić information content (AvgIpc) is 2.42. The Labute approximate surface area is 139 Å². The molecule has 23 heavy (non-hydrogen) atoms.